The third kappa shape index (κ3) is 4.11. The van der Waals surface area contributed by atoms with Crippen molar-refractivity contribution >= 4 is 27.8 Å². The number of hydrogen-bond donors (Lipinski definition) is 2. The Kier molecular flexibility index (Phi) is 6.14. The summed E-state index contributed by atoms with van der Waals surface area (Å²) in [7, 11) is 3.67. The van der Waals surface area contributed by atoms with Crippen molar-refractivity contribution in [2.24, 2.45) is 24.6 Å². The molecule has 2 aliphatic carbocycles. The molecule has 8 rings (SSSR count). The Morgan fingerprint density at radius 1 is 1.02 bits per heavy atom. The van der Waals surface area contributed by atoms with Crippen molar-refractivity contribution in [3.63, 3.8) is 0 Å². The summed E-state index contributed by atoms with van der Waals surface area (Å²) >= 11 is 0. The number of ether oxygens (including phenoxy) is 1. The maximum Gasteiger partial charge on any atom is 0.254 e. The van der Waals surface area contributed by atoms with E-state index in [-0.39, 0.29) is 24.6 Å². The van der Waals surface area contributed by atoms with Crippen molar-refractivity contribution in [1.29, 1.82) is 0 Å². The number of aromatic nitrogens is 3. The van der Waals surface area contributed by atoms with E-state index in [0.29, 0.717) is 23.1 Å². The lowest BCUT2D eigenvalue weighted by Crippen LogP contribution is -2.41. The van der Waals surface area contributed by atoms with Gasteiger partial charge in [0.1, 0.15) is 11.3 Å². The van der Waals surface area contributed by atoms with E-state index in [0.717, 1.165) is 76.1 Å². The molecule has 3 N–H and O–H groups in total. The number of aliphatic hydroxyl groups is 1. The number of likely N-dealkylation sites (tertiary alicyclic amines) is 1. The number of amides is 1. The molecule has 3 aromatic carbocycles. The van der Waals surface area contributed by atoms with Crippen molar-refractivity contribution in [2.75, 3.05) is 13.7 Å². The third-order valence-electron chi connectivity index (χ3n) is 10.1. The Hall–Kier alpha value is -4.14. The fourth-order valence-electron chi connectivity index (χ4n) is 7.66. The molecule has 8 nitrogen and oxygen atoms in total. The summed E-state index contributed by atoms with van der Waals surface area (Å²) in [5, 5.41) is 11.3. The molecule has 3 atom stereocenters. The second-order valence-electron chi connectivity index (χ2n) is 12.6. The van der Waals surface area contributed by atoms with Crippen LogP contribution in [0.25, 0.3) is 44.6 Å². The lowest BCUT2D eigenvalue weighted by atomic mass is 9.98. The van der Waals surface area contributed by atoms with Gasteiger partial charge in [0.05, 0.1) is 30.4 Å². The van der Waals surface area contributed by atoms with E-state index in [1.807, 2.05) is 42.3 Å². The van der Waals surface area contributed by atoms with Crippen LogP contribution in [0.2, 0.25) is 0 Å². The van der Waals surface area contributed by atoms with Crippen LogP contribution in [-0.4, -0.2) is 55.8 Å². The highest BCUT2D eigenvalue weighted by molar-refractivity contribution is 6.01. The highest BCUT2D eigenvalue weighted by Gasteiger charge is 2.47. The first-order chi connectivity index (χ1) is 21.0. The van der Waals surface area contributed by atoms with Gasteiger partial charge in [-0.25, -0.2) is 4.98 Å². The van der Waals surface area contributed by atoms with Gasteiger partial charge >= 0.3 is 0 Å². The second-order valence-corrected chi connectivity index (χ2v) is 12.6. The molecule has 2 aromatic heterocycles. The predicted octanol–water partition coefficient (Wildman–Crippen LogP) is 5.33. The van der Waals surface area contributed by atoms with E-state index < -0.39 is 0 Å². The summed E-state index contributed by atoms with van der Waals surface area (Å²) in [6.07, 6.45) is 4.52. The lowest BCUT2D eigenvalue weighted by Gasteiger charge is -2.27. The minimum atomic E-state index is -0.0148. The first-order valence-electron chi connectivity index (χ1n) is 15.4. The monoisotopic (exact) mass is 575 g/mol. The highest BCUT2D eigenvalue weighted by atomic mass is 16.5. The largest absolute Gasteiger partial charge is 0.494 e. The van der Waals surface area contributed by atoms with Crippen LogP contribution < -0.4 is 10.5 Å². The number of piperidine rings is 1. The zero-order valence-corrected chi connectivity index (χ0v) is 24.7. The van der Waals surface area contributed by atoms with Gasteiger partial charge in [0.2, 0.25) is 0 Å². The fraction of sp³-hybridized carbons (Fsp3) is 0.371. The number of hydrogen-bond acceptors (Lipinski definition) is 5. The summed E-state index contributed by atoms with van der Waals surface area (Å²) in [5.41, 5.74) is 13.9. The topological polar surface area (TPSA) is 98.5 Å². The van der Waals surface area contributed by atoms with Crippen molar-refractivity contribution in [3.05, 3.63) is 71.8 Å². The second kappa shape index (κ2) is 9.96. The van der Waals surface area contributed by atoms with Crippen LogP contribution in [0, 0.1) is 11.8 Å². The minimum Gasteiger partial charge on any atom is -0.494 e. The van der Waals surface area contributed by atoms with Crippen molar-refractivity contribution in [2.45, 2.75) is 50.9 Å². The van der Waals surface area contributed by atoms with Crippen LogP contribution in [-0.2, 0) is 20.2 Å². The molecule has 220 valence electrons. The number of nitrogens with zero attached hydrogens (tertiary/aromatic N) is 4. The summed E-state index contributed by atoms with van der Waals surface area (Å²) in [6, 6.07) is 20.6. The Morgan fingerprint density at radius 2 is 1.84 bits per heavy atom. The summed E-state index contributed by atoms with van der Waals surface area (Å²) in [5.74, 6) is 2.50. The number of nitrogens with two attached hydrogens (primary N) is 1. The number of rotatable bonds is 7. The number of carbonyl (C=O) groups is 1. The third-order valence-corrected chi connectivity index (χ3v) is 10.1. The van der Waals surface area contributed by atoms with Crippen molar-refractivity contribution < 1.29 is 14.6 Å². The van der Waals surface area contributed by atoms with E-state index in [9.17, 15) is 9.90 Å². The van der Waals surface area contributed by atoms with Crippen molar-refractivity contribution in [3.8, 4) is 28.4 Å². The molecule has 0 spiro atoms. The number of fused-ring (bicyclic) bond motifs is 4. The number of carbonyl (C=O) groups excluding carboxylic acids is 1. The molecular weight excluding hydrogens is 538 g/mol. The summed E-state index contributed by atoms with van der Waals surface area (Å²) in [4.78, 5) is 20.9. The molecule has 43 heavy (non-hydrogen) atoms. The molecular formula is C35H37N5O3. The molecule has 1 unspecified atom stereocenters. The molecule has 3 fully saturated rings. The summed E-state index contributed by atoms with van der Waals surface area (Å²) in [6.45, 7) is 1.61. The van der Waals surface area contributed by atoms with Crippen LogP contribution in [0.5, 0.6) is 5.75 Å². The summed E-state index contributed by atoms with van der Waals surface area (Å²) < 4.78 is 10.4. The molecule has 2 saturated carbocycles. The van der Waals surface area contributed by atoms with Crippen LogP contribution in [0.1, 0.15) is 41.6 Å². The first-order valence-corrected chi connectivity index (χ1v) is 15.4. The average molecular weight is 576 g/mol. The SMILES string of the molecule is COc1cc(C(=O)N2C[C@H]3CC[C@@H]2C3N)cc2nc(-c3cc4cccc(-c5ccccc5CO)c4n3CC3CC3)n(C)c12. The van der Waals surface area contributed by atoms with Gasteiger partial charge in [0.15, 0.2) is 5.82 Å². The van der Waals surface area contributed by atoms with E-state index >= 15 is 0 Å². The number of aliphatic hydroxyl groups excluding tert-OH is 1. The smallest absolute Gasteiger partial charge is 0.254 e. The van der Waals surface area contributed by atoms with E-state index in [1.54, 1.807) is 7.11 Å². The van der Waals surface area contributed by atoms with Gasteiger partial charge in [0, 0.05) is 48.7 Å². The van der Waals surface area contributed by atoms with Crippen LogP contribution in [0.15, 0.2) is 60.7 Å². The molecule has 1 aliphatic heterocycles. The molecule has 3 heterocycles. The Bertz CT molecular complexity index is 1900. The van der Waals surface area contributed by atoms with Gasteiger partial charge in [-0.2, -0.15) is 0 Å². The van der Waals surface area contributed by atoms with Gasteiger partial charge in [0.25, 0.3) is 5.91 Å². The van der Waals surface area contributed by atoms with Gasteiger partial charge in [-0.1, -0.05) is 42.5 Å². The number of para-hydroxylation sites is 1. The van der Waals surface area contributed by atoms with Gasteiger partial charge in [-0.05, 0) is 66.8 Å². The zero-order chi connectivity index (χ0) is 29.4. The Balaban J connectivity index is 1.29. The standard InChI is InChI=1S/C35H37N5O3/c1-38-33-27(14-24(16-30(33)43-2)35(42)40-18-22-12-13-28(40)31(22)36)37-34(38)29-15-21-7-5-9-26(25-8-4-3-6-23(25)19-41)32(21)39(29)17-20-10-11-20/h3-9,14-16,20,22,28,31,41H,10-13,17-19,36H2,1-2H3/t22-,28-,31?/m1/s1. The van der Waals surface area contributed by atoms with E-state index in [1.165, 1.54) is 12.8 Å². The quantitative estimate of drug-likeness (QED) is 0.273. The maximum atomic E-state index is 13.7. The molecule has 2 bridgehead atoms. The maximum absolute atomic E-state index is 13.7. The number of imidazole rings is 1. The van der Waals surface area contributed by atoms with Gasteiger partial charge < -0.3 is 29.6 Å². The fourth-order valence-corrected chi connectivity index (χ4v) is 7.66. The molecule has 3 aliphatic rings. The van der Waals surface area contributed by atoms with E-state index in [2.05, 4.69) is 39.5 Å². The molecule has 0 radical (unpaired) electrons. The van der Waals surface area contributed by atoms with E-state index in [4.69, 9.17) is 15.5 Å². The number of aryl methyl sites for hydroxylation is 1. The lowest BCUT2D eigenvalue weighted by molar-refractivity contribution is 0.0700. The zero-order valence-electron chi connectivity index (χ0n) is 24.7. The van der Waals surface area contributed by atoms with Gasteiger partial charge in [-0.15, -0.1) is 0 Å². The van der Waals surface area contributed by atoms with Gasteiger partial charge in [-0.3, -0.25) is 4.79 Å². The first kappa shape index (κ1) is 26.5. The average Bonchev–Trinajstić information content (AvgIpc) is 3.42. The molecule has 1 saturated heterocycles. The number of benzene rings is 3. The van der Waals surface area contributed by atoms with Crippen LogP contribution >= 0.6 is 0 Å². The highest BCUT2D eigenvalue weighted by Crippen LogP contribution is 2.42. The Morgan fingerprint density at radius 3 is 2.56 bits per heavy atom. The van der Waals surface area contributed by atoms with Crippen LogP contribution in [0.3, 0.4) is 0 Å². The molecule has 1 amide bonds. The minimum absolute atomic E-state index is 0.00471. The molecule has 5 aromatic rings. The normalized spacial score (nSPS) is 21.4. The van der Waals surface area contributed by atoms with Crippen LogP contribution in [0.4, 0.5) is 0 Å². The molecule has 8 heteroatoms. The Labute approximate surface area is 250 Å². The predicted molar refractivity (Wildman–Crippen MR) is 168 cm³/mol. The van der Waals surface area contributed by atoms with Crippen molar-refractivity contribution in [1.82, 2.24) is 19.0 Å². The number of methoxy groups -OCH3 is 1.